The standard InChI is InChI=1S/C17H22N2O10S2/c1-27-10-4-2-3-9-13(10)8(6-18-9)5-12(19-29-31(24,25)26)30-17-16(23)15(22)14(21)11(7-20)28-17/h2-4,6,11,14-18,20-23H,5,7H2,1H3,(H,24,25,26)/p-1/t11-,14-,15+,16-,17+/m1/s1. The molecule has 5 atom stereocenters. The number of methoxy groups -OCH3 is 1. The zero-order valence-corrected chi connectivity index (χ0v) is 17.7. The van der Waals surface area contributed by atoms with Crippen LogP contribution >= 0.6 is 11.8 Å². The number of nitrogens with one attached hydrogen (secondary N) is 1. The number of nitrogens with zero attached hydrogens (tertiary/aromatic N) is 1. The van der Waals surface area contributed by atoms with E-state index in [-0.39, 0.29) is 11.5 Å². The molecule has 31 heavy (non-hydrogen) atoms. The second kappa shape index (κ2) is 9.70. The molecule has 0 saturated carbocycles. The van der Waals surface area contributed by atoms with Crippen LogP contribution in [0.3, 0.4) is 0 Å². The summed E-state index contributed by atoms with van der Waals surface area (Å²) in [7, 11) is -3.68. The van der Waals surface area contributed by atoms with Crippen LogP contribution in [-0.2, 0) is 25.8 Å². The first-order chi connectivity index (χ1) is 14.6. The zero-order chi connectivity index (χ0) is 22.8. The van der Waals surface area contributed by atoms with Gasteiger partial charge in [-0.25, -0.2) is 0 Å². The number of benzene rings is 1. The van der Waals surface area contributed by atoms with Crippen molar-refractivity contribution in [1.29, 1.82) is 0 Å². The molecule has 1 aliphatic rings. The Balaban J connectivity index is 1.91. The summed E-state index contributed by atoms with van der Waals surface area (Å²) >= 11 is 0.672. The molecule has 1 fully saturated rings. The Hall–Kier alpha value is -1.91. The maximum Gasteiger partial charge on any atom is 0.284 e. The van der Waals surface area contributed by atoms with E-state index >= 15 is 0 Å². The molecule has 1 aromatic carbocycles. The Morgan fingerprint density at radius 1 is 1.29 bits per heavy atom. The van der Waals surface area contributed by atoms with Gasteiger partial charge in [-0.1, -0.05) is 23.0 Å². The summed E-state index contributed by atoms with van der Waals surface area (Å²) in [6.07, 6.45) is -4.41. The monoisotopic (exact) mass is 477 g/mol. The molecule has 0 bridgehead atoms. The number of ether oxygens (including phenoxy) is 2. The van der Waals surface area contributed by atoms with Gasteiger partial charge in [-0.2, -0.15) is 8.42 Å². The van der Waals surface area contributed by atoms with Crippen molar-refractivity contribution in [3.63, 3.8) is 0 Å². The molecule has 5 N–H and O–H groups in total. The quantitative estimate of drug-likeness (QED) is 0.108. The van der Waals surface area contributed by atoms with Crippen molar-refractivity contribution in [3.8, 4) is 5.75 Å². The van der Waals surface area contributed by atoms with Gasteiger partial charge in [0.2, 0.25) is 0 Å². The number of hydrogen-bond donors (Lipinski definition) is 5. The maximum atomic E-state index is 10.9. The summed E-state index contributed by atoms with van der Waals surface area (Å²) in [5.41, 5.74) is 0.0819. The Kier molecular flexibility index (Phi) is 7.43. The lowest BCUT2D eigenvalue weighted by Gasteiger charge is -2.39. The third-order valence-corrected chi connectivity index (χ3v) is 6.01. The van der Waals surface area contributed by atoms with Gasteiger partial charge in [-0.3, -0.25) is 4.28 Å². The Labute approximate surface area is 181 Å². The zero-order valence-electron chi connectivity index (χ0n) is 16.1. The number of H-pyrrole nitrogens is 1. The molecule has 0 radical (unpaired) electrons. The van der Waals surface area contributed by atoms with Crippen molar-refractivity contribution in [2.45, 2.75) is 36.3 Å². The molecule has 0 amide bonds. The van der Waals surface area contributed by atoms with Crippen LogP contribution in [0.2, 0.25) is 0 Å². The van der Waals surface area contributed by atoms with Gasteiger partial charge in [0.25, 0.3) is 10.4 Å². The largest absolute Gasteiger partial charge is 0.714 e. The highest BCUT2D eigenvalue weighted by Gasteiger charge is 2.44. The van der Waals surface area contributed by atoms with Crippen LogP contribution in [-0.4, -0.2) is 87.0 Å². The summed E-state index contributed by atoms with van der Waals surface area (Å²) in [6.45, 7) is -0.639. The average molecular weight is 477 g/mol. The fraction of sp³-hybridized carbons (Fsp3) is 0.471. The van der Waals surface area contributed by atoms with Gasteiger partial charge in [0.1, 0.15) is 40.6 Å². The molecular formula is C17H21N2O10S2-. The van der Waals surface area contributed by atoms with Crippen LogP contribution in [0.5, 0.6) is 5.75 Å². The lowest BCUT2D eigenvalue weighted by atomic mass is 10.0. The van der Waals surface area contributed by atoms with Crippen LogP contribution in [0.1, 0.15) is 5.56 Å². The second-order valence-electron chi connectivity index (χ2n) is 6.66. The number of fused-ring (bicyclic) bond motifs is 1. The SMILES string of the molecule is COc1cccc2[nH]cc(CC(=NOS(=O)(=O)[O-])S[C@@H]3O[C@H](CO)[C@@H](O)[C@H](O)[C@H]3O)c12. The molecule has 3 rings (SSSR count). The topological polar surface area (TPSA) is 194 Å². The van der Waals surface area contributed by atoms with Crippen LogP contribution in [0.15, 0.2) is 29.6 Å². The highest BCUT2D eigenvalue weighted by molar-refractivity contribution is 8.14. The Bertz CT molecular complexity index is 1040. The highest BCUT2D eigenvalue weighted by atomic mass is 32.3. The van der Waals surface area contributed by atoms with Gasteiger partial charge in [0.05, 0.1) is 13.7 Å². The lowest BCUT2D eigenvalue weighted by Crippen LogP contribution is -2.57. The number of oxime groups is 1. The highest BCUT2D eigenvalue weighted by Crippen LogP contribution is 2.33. The molecule has 1 aliphatic heterocycles. The van der Waals surface area contributed by atoms with E-state index < -0.39 is 46.9 Å². The molecule has 12 nitrogen and oxygen atoms in total. The molecule has 0 aliphatic carbocycles. The van der Waals surface area contributed by atoms with Crippen molar-refractivity contribution in [1.82, 2.24) is 4.98 Å². The summed E-state index contributed by atoms with van der Waals surface area (Å²) in [5, 5.41) is 43.4. The minimum absolute atomic E-state index is 0.0599. The number of rotatable bonds is 7. The second-order valence-corrected chi connectivity index (χ2v) is 8.79. The number of hydrogen-bond acceptors (Lipinski definition) is 12. The minimum atomic E-state index is -5.16. The fourth-order valence-corrected chi connectivity index (χ4v) is 4.49. The predicted octanol–water partition coefficient (Wildman–Crippen LogP) is -0.958. The molecule has 1 aromatic heterocycles. The fourth-order valence-electron chi connectivity index (χ4n) is 3.17. The van der Waals surface area contributed by atoms with Gasteiger partial charge in [-0.05, 0) is 17.7 Å². The van der Waals surface area contributed by atoms with Crippen molar-refractivity contribution >= 4 is 38.1 Å². The van der Waals surface area contributed by atoms with E-state index in [4.69, 9.17) is 9.47 Å². The van der Waals surface area contributed by atoms with E-state index in [0.717, 1.165) is 5.52 Å². The van der Waals surface area contributed by atoms with E-state index in [1.54, 1.807) is 24.4 Å². The number of aliphatic hydroxyl groups excluding tert-OH is 4. The maximum absolute atomic E-state index is 10.9. The third kappa shape index (κ3) is 5.48. The summed E-state index contributed by atoms with van der Waals surface area (Å²) < 4.78 is 47.5. The summed E-state index contributed by atoms with van der Waals surface area (Å²) in [6, 6.07) is 5.29. The molecule has 1 saturated heterocycles. The Morgan fingerprint density at radius 3 is 2.68 bits per heavy atom. The number of thioether (sulfide) groups is 1. The van der Waals surface area contributed by atoms with E-state index in [1.165, 1.54) is 7.11 Å². The first kappa shape index (κ1) is 23.7. The molecule has 2 heterocycles. The van der Waals surface area contributed by atoms with Crippen LogP contribution in [0, 0.1) is 0 Å². The van der Waals surface area contributed by atoms with Crippen molar-refractivity contribution < 1.29 is 47.2 Å². The van der Waals surface area contributed by atoms with Crippen LogP contribution in [0.25, 0.3) is 10.9 Å². The average Bonchev–Trinajstić information content (AvgIpc) is 3.14. The van der Waals surface area contributed by atoms with Gasteiger partial charge in [0, 0.05) is 23.5 Å². The van der Waals surface area contributed by atoms with E-state index in [0.29, 0.717) is 28.5 Å². The van der Waals surface area contributed by atoms with Gasteiger partial charge < -0.3 is 39.4 Å². The summed E-state index contributed by atoms with van der Waals surface area (Å²) in [4.78, 5) is 3.03. The molecule has 14 heteroatoms. The molecular weight excluding hydrogens is 456 g/mol. The molecule has 172 valence electrons. The number of aromatic nitrogens is 1. The third-order valence-electron chi connectivity index (χ3n) is 4.64. The lowest BCUT2D eigenvalue weighted by molar-refractivity contribution is -0.205. The van der Waals surface area contributed by atoms with Crippen molar-refractivity contribution in [3.05, 3.63) is 30.0 Å². The number of aliphatic hydroxyl groups is 4. The van der Waals surface area contributed by atoms with Crippen molar-refractivity contribution in [2.75, 3.05) is 13.7 Å². The summed E-state index contributed by atoms with van der Waals surface area (Å²) in [5.74, 6) is 0.531. The molecule has 2 aromatic rings. The van der Waals surface area contributed by atoms with Gasteiger partial charge in [-0.15, -0.1) is 0 Å². The predicted molar refractivity (Wildman–Crippen MR) is 108 cm³/mol. The van der Waals surface area contributed by atoms with E-state index in [9.17, 15) is 33.4 Å². The first-order valence-electron chi connectivity index (χ1n) is 8.96. The number of aromatic amines is 1. The van der Waals surface area contributed by atoms with Gasteiger partial charge in [0.15, 0.2) is 0 Å². The minimum Gasteiger partial charge on any atom is -0.714 e. The first-order valence-corrected chi connectivity index (χ1v) is 11.2. The van der Waals surface area contributed by atoms with E-state index in [1.807, 2.05) is 0 Å². The molecule has 0 spiro atoms. The molecule has 0 unspecified atom stereocenters. The smallest absolute Gasteiger partial charge is 0.284 e. The van der Waals surface area contributed by atoms with Gasteiger partial charge >= 0.3 is 0 Å². The van der Waals surface area contributed by atoms with Crippen molar-refractivity contribution in [2.24, 2.45) is 5.16 Å². The Morgan fingerprint density at radius 2 is 2.03 bits per heavy atom. The normalized spacial score (nSPS) is 27.4. The van der Waals surface area contributed by atoms with Crippen LogP contribution in [0.4, 0.5) is 0 Å². The van der Waals surface area contributed by atoms with E-state index in [2.05, 4.69) is 14.4 Å². The van der Waals surface area contributed by atoms with Crippen LogP contribution < -0.4 is 4.74 Å².